The van der Waals surface area contributed by atoms with Crippen LogP contribution in [0, 0.1) is 59.1 Å². The summed E-state index contributed by atoms with van der Waals surface area (Å²) >= 11 is 0. The predicted octanol–water partition coefficient (Wildman–Crippen LogP) is 6.83. The van der Waals surface area contributed by atoms with Crippen LogP contribution in [0.5, 0.6) is 0 Å². The van der Waals surface area contributed by atoms with E-state index < -0.39 is 0 Å². The van der Waals surface area contributed by atoms with Crippen molar-refractivity contribution in [3.63, 3.8) is 0 Å². The standard InChI is InChI=1S/C31H44FNO3/c1-17(5-10-29-33-26-16-25(32)18(2)13-27(26)36-29)22-8-9-23-21-7-6-19-14-20(34)11-12-30(19,3)24(21)15-28(35)31(22,23)4/h13,16-17,19-24,28,34-35H,5-12,14-15H2,1-4H3/t17?,19-,20-,21+,22-,23+,24+,28+,30+,31-/m1/s1. The Kier molecular flexibility index (Phi) is 6.07. The van der Waals surface area contributed by atoms with Gasteiger partial charge in [-0.1, -0.05) is 20.8 Å². The van der Waals surface area contributed by atoms with Crippen LogP contribution in [0.2, 0.25) is 0 Å². The first-order valence-electron chi connectivity index (χ1n) is 14.5. The molecule has 2 aromatic rings. The SMILES string of the molecule is Cc1cc2oc(CCC(C)[C@H]3CC[C@H]4[C@@H]5CC[C@@H]6C[C@H](O)CC[C@]6(C)[C@H]5C[C@H](O)[C@]34C)nc2cc1F. The quantitative estimate of drug-likeness (QED) is 0.486. The number of oxazole rings is 1. The molecule has 4 aliphatic rings. The van der Waals surface area contributed by atoms with Gasteiger partial charge in [-0.3, -0.25) is 0 Å². The molecule has 2 N–H and O–H groups in total. The molecule has 0 spiro atoms. The zero-order chi connectivity index (χ0) is 25.4. The summed E-state index contributed by atoms with van der Waals surface area (Å²) < 4.78 is 19.9. The predicted molar refractivity (Wildman–Crippen MR) is 139 cm³/mol. The number of aliphatic hydroxyl groups excluding tert-OH is 2. The summed E-state index contributed by atoms with van der Waals surface area (Å²) in [6, 6.07) is 3.21. The minimum absolute atomic E-state index is 0.0283. The van der Waals surface area contributed by atoms with E-state index in [-0.39, 0.29) is 28.9 Å². The monoisotopic (exact) mass is 497 g/mol. The molecule has 10 atom stereocenters. The van der Waals surface area contributed by atoms with Crippen LogP contribution in [0.3, 0.4) is 0 Å². The molecule has 0 aliphatic heterocycles. The van der Waals surface area contributed by atoms with Gasteiger partial charge >= 0.3 is 0 Å². The molecule has 0 radical (unpaired) electrons. The lowest BCUT2D eigenvalue weighted by atomic mass is 9.43. The van der Waals surface area contributed by atoms with Crippen molar-refractivity contribution in [2.45, 2.75) is 104 Å². The van der Waals surface area contributed by atoms with Gasteiger partial charge in [0.1, 0.15) is 11.3 Å². The maximum atomic E-state index is 13.9. The van der Waals surface area contributed by atoms with Gasteiger partial charge in [-0.25, -0.2) is 9.37 Å². The largest absolute Gasteiger partial charge is 0.441 e. The third kappa shape index (κ3) is 3.70. The number of halogens is 1. The highest BCUT2D eigenvalue weighted by atomic mass is 19.1. The van der Waals surface area contributed by atoms with Crippen LogP contribution in [-0.2, 0) is 6.42 Å². The van der Waals surface area contributed by atoms with Gasteiger partial charge in [-0.15, -0.1) is 0 Å². The molecule has 0 bridgehead atoms. The van der Waals surface area contributed by atoms with Crippen LogP contribution >= 0.6 is 0 Å². The summed E-state index contributed by atoms with van der Waals surface area (Å²) in [5.41, 5.74) is 2.10. The van der Waals surface area contributed by atoms with E-state index in [1.54, 1.807) is 13.0 Å². The van der Waals surface area contributed by atoms with Crippen molar-refractivity contribution in [1.82, 2.24) is 4.98 Å². The molecule has 4 fully saturated rings. The normalized spacial score (nSPS) is 43.1. The average Bonchev–Trinajstić information content (AvgIpc) is 3.40. The van der Waals surface area contributed by atoms with E-state index in [0.717, 1.165) is 38.5 Å². The number of aliphatic hydroxyl groups is 2. The highest BCUT2D eigenvalue weighted by Gasteiger charge is 2.63. The van der Waals surface area contributed by atoms with Crippen molar-refractivity contribution in [2.24, 2.45) is 46.3 Å². The van der Waals surface area contributed by atoms with Crippen molar-refractivity contribution >= 4 is 11.1 Å². The van der Waals surface area contributed by atoms with Crippen molar-refractivity contribution < 1.29 is 19.0 Å². The summed E-state index contributed by atoms with van der Waals surface area (Å²) in [5, 5.41) is 22.1. The van der Waals surface area contributed by atoms with Gasteiger partial charge in [0.05, 0.1) is 12.2 Å². The first kappa shape index (κ1) is 24.9. The highest BCUT2D eigenvalue weighted by molar-refractivity contribution is 5.73. The lowest BCUT2D eigenvalue weighted by Crippen LogP contribution is -2.58. The number of hydrogen-bond acceptors (Lipinski definition) is 4. The van der Waals surface area contributed by atoms with Crippen LogP contribution in [0.15, 0.2) is 16.5 Å². The molecule has 6 rings (SSSR count). The Labute approximate surface area is 215 Å². The highest BCUT2D eigenvalue weighted by Crippen LogP contribution is 2.68. The van der Waals surface area contributed by atoms with Crippen molar-refractivity contribution in [2.75, 3.05) is 0 Å². The molecule has 5 heteroatoms. The molecular formula is C31H44FNO3. The van der Waals surface area contributed by atoms with E-state index in [9.17, 15) is 14.6 Å². The fourth-order valence-electron chi connectivity index (χ4n) is 9.92. The fourth-order valence-corrected chi connectivity index (χ4v) is 9.92. The van der Waals surface area contributed by atoms with E-state index in [1.807, 2.05) is 0 Å². The Hall–Kier alpha value is -1.46. The first-order chi connectivity index (χ1) is 17.1. The van der Waals surface area contributed by atoms with E-state index in [0.29, 0.717) is 58.1 Å². The van der Waals surface area contributed by atoms with Gasteiger partial charge in [-0.05, 0) is 123 Å². The first-order valence-corrected chi connectivity index (χ1v) is 14.5. The number of rotatable bonds is 4. The second kappa shape index (κ2) is 8.80. The maximum absolute atomic E-state index is 13.9. The van der Waals surface area contributed by atoms with Crippen LogP contribution in [-0.4, -0.2) is 27.4 Å². The molecule has 0 saturated heterocycles. The number of nitrogens with zero attached hydrogens (tertiary/aromatic N) is 1. The summed E-state index contributed by atoms with van der Waals surface area (Å²) in [6.07, 6.45) is 10.2. The van der Waals surface area contributed by atoms with Gasteiger partial charge in [0, 0.05) is 12.5 Å². The van der Waals surface area contributed by atoms with Crippen molar-refractivity contribution in [3.05, 3.63) is 29.4 Å². The van der Waals surface area contributed by atoms with E-state index in [4.69, 9.17) is 4.42 Å². The molecule has 1 aromatic heterocycles. The summed E-state index contributed by atoms with van der Waals surface area (Å²) in [5.74, 6) is 3.94. The Balaban J connectivity index is 1.18. The molecule has 4 nitrogen and oxygen atoms in total. The summed E-state index contributed by atoms with van der Waals surface area (Å²) in [4.78, 5) is 4.56. The second-order valence-corrected chi connectivity index (χ2v) is 13.6. The molecule has 1 heterocycles. The molecule has 1 aromatic carbocycles. The number of fused-ring (bicyclic) bond motifs is 6. The van der Waals surface area contributed by atoms with E-state index in [1.165, 1.54) is 31.7 Å². The molecule has 4 saturated carbocycles. The van der Waals surface area contributed by atoms with E-state index in [2.05, 4.69) is 25.8 Å². The third-order valence-corrected chi connectivity index (χ3v) is 12.0. The Morgan fingerprint density at radius 3 is 2.69 bits per heavy atom. The summed E-state index contributed by atoms with van der Waals surface area (Å²) in [7, 11) is 0. The zero-order valence-corrected chi connectivity index (χ0v) is 22.5. The minimum atomic E-state index is -0.253. The molecule has 198 valence electrons. The minimum Gasteiger partial charge on any atom is -0.441 e. The van der Waals surface area contributed by atoms with Crippen molar-refractivity contribution in [3.8, 4) is 0 Å². The van der Waals surface area contributed by atoms with Gasteiger partial charge < -0.3 is 14.6 Å². The topological polar surface area (TPSA) is 66.5 Å². The van der Waals surface area contributed by atoms with Gasteiger partial charge in [0.2, 0.25) is 0 Å². The maximum Gasteiger partial charge on any atom is 0.195 e. The van der Waals surface area contributed by atoms with Crippen LogP contribution in [0.1, 0.15) is 90.0 Å². The molecule has 4 aliphatic carbocycles. The molecular weight excluding hydrogens is 453 g/mol. The smallest absolute Gasteiger partial charge is 0.195 e. The van der Waals surface area contributed by atoms with Gasteiger partial charge in [0.15, 0.2) is 11.5 Å². The number of benzene rings is 1. The van der Waals surface area contributed by atoms with Crippen LogP contribution in [0.25, 0.3) is 11.1 Å². The average molecular weight is 498 g/mol. The molecule has 0 amide bonds. The van der Waals surface area contributed by atoms with Crippen molar-refractivity contribution in [1.29, 1.82) is 0 Å². The third-order valence-electron chi connectivity index (χ3n) is 12.0. The number of hydrogen-bond donors (Lipinski definition) is 2. The van der Waals surface area contributed by atoms with Crippen LogP contribution in [0.4, 0.5) is 4.39 Å². The van der Waals surface area contributed by atoms with Gasteiger partial charge in [-0.2, -0.15) is 0 Å². The lowest BCUT2D eigenvalue weighted by molar-refractivity contribution is -0.174. The fraction of sp³-hybridized carbons (Fsp3) is 0.774. The molecule has 36 heavy (non-hydrogen) atoms. The summed E-state index contributed by atoms with van der Waals surface area (Å²) in [6.45, 7) is 8.99. The number of aryl methyl sites for hydroxylation is 2. The zero-order valence-electron chi connectivity index (χ0n) is 22.5. The molecule has 1 unspecified atom stereocenters. The Morgan fingerprint density at radius 2 is 1.89 bits per heavy atom. The van der Waals surface area contributed by atoms with Gasteiger partial charge in [0.25, 0.3) is 0 Å². The second-order valence-electron chi connectivity index (χ2n) is 13.6. The Morgan fingerprint density at radius 1 is 1.08 bits per heavy atom. The number of aromatic nitrogens is 1. The Bertz CT molecular complexity index is 1090. The van der Waals surface area contributed by atoms with Crippen LogP contribution < -0.4 is 0 Å². The van der Waals surface area contributed by atoms with E-state index >= 15 is 0 Å². The lowest BCUT2D eigenvalue weighted by Gasteiger charge is -2.62.